The van der Waals surface area contributed by atoms with Gasteiger partial charge in [0.15, 0.2) is 0 Å². The number of allylic oxidation sites excluding steroid dienone is 1. The molecule has 1 saturated carbocycles. The first-order valence-electron chi connectivity index (χ1n) is 6.00. The summed E-state index contributed by atoms with van der Waals surface area (Å²) in [5, 5.41) is 0. The second kappa shape index (κ2) is 5.11. The zero-order valence-electron chi connectivity index (χ0n) is 9.78. The largest absolute Gasteiger partial charge is 0.300 e. The van der Waals surface area contributed by atoms with Crippen molar-refractivity contribution in [1.82, 2.24) is 0 Å². The Kier molecular flexibility index (Phi) is 3.55. The fourth-order valence-electron chi connectivity index (χ4n) is 2.18. The van der Waals surface area contributed by atoms with E-state index in [1.807, 2.05) is 0 Å². The molecule has 0 spiro atoms. The molecule has 1 aliphatic rings. The van der Waals surface area contributed by atoms with Gasteiger partial charge in [-0.3, -0.25) is 4.79 Å². The predicted molar refractivity (Wildman–Crippen MR) is 67.2 cm³/mol. The normalized spacial score (nSPS) is 18.2. The summed E-state index contributed by atoms with van der Waals surface area (Å²) in [4.78, 5) is 11.1. The monoisotopic (exact) mass is 214 g/mol. The summed E-state index contributed by atoms with van der Waals surface area (Å²) in [6, 6.07) is 8.50. The van der Waals surface area contributed by atoms with Crippen LogP contribution in [0.1, 0.15) is 36.8 Å². The van der Waals surface area contributed by atoms with Gasteiger partial charge in [-0.15, -0.1) is 0 Å². The number of rotatable bonds is 2. The molecule has 1 aliphatic carbocycles. The van der Waals surface area contributed by atoms with Gasteiger partial charge in [0.2, 0.25) is 0 Å². The first-order valence-corrected chi connectivity index (χ1v) is 6.00. The van der Waals surface area contributed by atoms with Crippen LogP contribution in [0.2, 0.25) is 0 Å². The molecule has 84 valence electrons. The predicted octanol–water partition coefficient (Wildman–Crippen LogP) is 3.77. The Morgan fingerprint density at radius 1 is 1.25 bits per heavy atom. The minimum Gasteiger partial charge on any atom is -0.300 e. The van der Waals surface area contributed by atoms with Crippen LogP contribution in [0.5, 0.6) is 0 Å². The molecule has 0 atom stereocenters. The van der Waals surface area contributed by atoms with Crippen molar-refractivity contribution in [3.8, 4) is 0 Å². The Labute approximate surface area is 97.2 Å². The molecule has 0 saturated heterocycles. The summed E-state index contributed by atoms with van der Waals surface area (Å²) in [5.74, 6) is 1.03. The van der Waals surface area contributed by atoms with Crippen molar-refractivity contribution in [3.05, 3.63) is 41.5 Å². The zero-order valence-corrected chi connectivity index (χ0v) is 9.78. The van der Waals surface area contributed by atoms with Gasteiger partial charge in [-0.2, -0.15) is 0 Å². The van der Waals surface area contributed by atoms with E-state index >= 15 is 0 Å². The van der Waals surface area contributed by atoms with Gasteiger partial charge in [-0.25, -0.2) is 0 Å². The fraction of sp³-hybridized carbons (Fsp3) is 0.400. The highest BCUT2D eigenvalue weighted by atomic mass is 16.1. The highest BCUT2D eigenvalue weighted by Gasteiger charge is 2.15. The summed E-state index contributed by atoms with van der Waals surface area (Å²) in [6.07, 6.45) is 8.04. The SMILES string of the molecule is Cc1cccc(/C=C/C2CCC(=O)CC2)c1. The Bertz CT molecular complexity index is 394. The molecular formula is C15H18O. The number of carbonyl (C=O) groups is 1. The maximum Gasteiger partial charge on any atom is 0.132 e. The second-order valence-corrected chi connectivity index (χ2v) is 4.65. The molecule has 0 radical (unpaired) electrons. The van der Waals surface area contributed by atoms with E-state index in [-0.39, 0.29) is 0 Å². The number of hydrogen-bond donors (Lipinski definition) is 0. The van der Waals surface area contributed by atoms with Crippen molar-refractivity contribution in [2.45, 2.75) is 32.6 Å². The van der Waals surface area contributed by atoms with Crippen molar-refractivity contribution in [2.24, 2.45) is 5.92 Å². The van der Waals surface area contributed by atoms with Crippen LogP contribution in [-0.2, 0) is 4.79 Å². The van der Waals surface area contributed by atoms with E-state index in [2.05, 4.69) is 43.3 Å². The molecule has 0 amide bonds. The Hall–Kier alpha value is -1.37. The summed E-state index contributed by atoms with van der Waals surface area (Å²) < 4.78 is 0. The molecule has 0 N–H and O–H groups in total. The average Bonchev–Trinajstić information content (AvgIpc) is 2.28. The average molecular weight is 214 g/mol. The molecule has 1 aromatic carbocycles. The zero-order chi connectivity index (χ0) is 11.4. The molecule has 0 heterocycles. The van der Waals surface area contributed by atoms with Crippen LogP contribution >= 0.6 is 0 Å². The molecular weight excluding hydrogens is 196 g/mol. The van der Waals surface area contributed by atoms with Gasteiger partial charge in [0.1, 0.15) is 5.78 Å². The molecule has 0 unspecified atom stereocenters. The molecule has 16 heavy (non-hydrogen) atoms. The van der Waals surface area contributed by atoms with Gasteiger partial charge < -0.3 is 0 Å². The number of hydrogen-bond acceptors (Lipinski definition) is 1. The third kappa shape index (κ3) is 3.06. The van der Waals surface area contributed by atoms with Crippen molar-refractivity contribution in [2.75, 3.05) is 0 Å². The van der Waals surface area contributed by atoms with Crippen LogP contribution in [-0.4, -0.2) is 5.78 Å². The van der Waals surface area contributed by atoms with E-state index in [4.69, 9.17) is 0 Å². The summed E-state index contributed by atoms with van der Waals surface area (Å²) >= 11 is 0. The van der Waals surface area contributed by atoms with Gasteiger partial charge in [0.05, 0.1) is 0 Å². The second-order valence-electron chi connectivity index (χ2n) is 4.65. The van der Waals surface area contributed by atoms with Gasteiger partial charge in [-0.1, -0.05) is 42.0 Å². The minimum atomic E-state index is 0.431. The van der Waals surface area contributed by atoms with E-state index in [9.17, 15) is 4.79 Å². The lowest BCUT2D eigenvalue weighted by Crippen LogP contribution is -2.11. The number of benzene rings is 1. The standard InChI is InChI=1S/C15H18O/c1-12-3-2-4-14(11-12)6-5-13-7-9-15(16)10-8-13/h2-6,11,13H,7-10H2,1H3/b6-5+. The smallest absolute Gasteiger partial charge is 0.132 e. The quantitative estimate of drug-likeness (QED) is 0.732. The fourth-order valence-corrected chi connectivity index (χ4v) is 2.18. The lowest BCUT2D eigenvalue weighted by atomic mass is 9.88. The maximum absolute atomic E-state index is 11.1. The maximum atomic E-state index is 11.1. The first-order chi connectivity index (χ1) is 7.74. The third-order valence-corrected chi connectivity index (χ3v) is 3.19. The summed E-state index contributed by atoms with van der Waals surface area (Å²) in [7, 11) is 0. The van der Waals surface area contributed by atoms with Crippen LogP contribution < -0.4 is 0 Å². The Balaban J connectivity index is 1.96. The first kappa shape index (κ1) is 11.1. The van der Waals surface area contributed by atoms with Gasteiger partial charge >= 0.3 is 0 Å². The molecule has 1 aromatic rings. The number of carbonyl (C=O) groups excluding carboxylic acids is 1. The van der Waals surface area contributed by atoms with E-state index in [0.717, 1.165) is 25.7 Å². The molecule has 1 heteroatoms. The van der Waals surface area contributed by atoms with Gasteiger partial charge in [-0.05, 0) is 31.2 Å². The van der Waals surface area contributed by atoms with Crippen LogP contribution in [0.25, 0.3) is 6.08 Å². The lowest BCUT2D eigenvalue weighted by Gasteiger charge is -2.16. The van der Waals surface area contributed by atoms with E-state index in [0.29, 0.717) is 11.7 Å². The summed E-state index contributed by atoms with van der Waals surface area (Å²) in [6.45, 7) is 2.11. The number of aryl methyl sites for hydroxylation is 1. The number of ketones is 1. The molecule has 1 nitrogen and oxygen atoms in total. The van der Waals surface area contributed by atoms with Crippen LogP contribution in [0.4, 0.5) is 0 Å². The van der Waals surface area contributed by atoms with Crippen LogP contribution in [0.15, 0.2) is 30.3 Å². The van der Waals surface area contributed by atoms with Gasteiger partial charge in [0, 0.05) is 12.8 Å². The van der Waals surface area contributed by atoms with Crippen molar-refractivity contribution in [1.29, 1.82) is 0 Å². The van der Waals surface area contributed by atoms with Crippen LogP contribution in [0.3, 0.4) is 0 Å². The lowest BCUT2D eigenvalue weighted by molar-refractivity contribution is -0.120. The highest BCUT2D eigenvalue weighted by Crippen LogP contribution is 2.23. The minimum absolute atomic E-state index is 0.431. The highest BCUT2D eigenvalue weighted by molar-refractivity contribution is 5.79. The molecule has 0 aliphatic heterocycles. The summed E-state index contributed by atoms with van der Waals surface area (Å²) in [5.41, 5.74) is 2.55. The van der Waals surface area contributed by atoms with Gasteiger partial charge in [0.25, 0.3) is 0 Å². The Morgan fingerprint density at radius 3 is 2.69 bits per heavy atom. The van der Waals surface area contributed by atoms with E-state index in [1.165, 1.54) is 11.1 Å². The molecule has 1 fully saturated rings. The van der Waals surface area contributed by atoms with Crippen molar-refractivity contribution < 1.29 is 4.79 Å². The third-order valence-electron chi connectivity index (χ3n) is 3.19. The van der Waals surface area contributed by atoms with Crippen molar-refractivity contribution >= 4 is 11.9 Å². The van der Waals surface area contributed by atoms with Crippen molar-refractivity contribution in [3.63, 3.8) is 0 Å². The molecule has 0 bridgehead atoms. The number of Topliss-reactive ketones (excluding diaryl/α,β-unsaturated/α-hetero) is 1. The topological polar surface area (TPSA) is 17.1 Å². The molecule has 2 rings (SSSR count). The molecule has 0 aromatic heterocycles. The Morgan fingerprint density at radius 2 is 2.00 bits per heavy atom. The van der Waals surface area contributed by atoms with E-state index in [1.54, 1.807) is 0 Å². The van der Waals surface area contributed by atoms with Crippen LogP contribution in [0, 0.1) is 12.8 Å². The van der Waals surface area contributed by atoms with E-state index < -0.39 is 0 Å².